The Balaban J connectivity index is 1.68. The molecule has 0 spiro atoms. The van der Waals surface area contributed by atoms with Crippen molar-refractivity contribution in [1.29, 1.82) is 0 Å². The van der Waals surface area contributed by atoms with Crippen LogP contribution in [0.4, 0.5) is 0 Å². The summed E-state index contributed by atoms with van der Waals surface area (Å²) in [4.78, 5) is 1.75. The number of nitrogens with one attached hydrogen (secondary N) is 1. The number of hydrogen-bond acceptors (Lipinski definition) is 1. The summed E-state index contributed by atoms with van der Waals surface area (Å²) in [5, 5.41) is 0.730. The summed E-state index contributed by atoms with van der Waals surface area (Å²) in [5.74, 6) is 0.885. The summed E-state index contributed by atoms with van der Waals surface area (Å²) in [7, 11) is 0. The third kappa shape index (κ3) is 5.33. The quantitative estimate of drug-likeness (QED) is 0.807. The summed E-state index contributed by atoms with van der Waals surface area (Å²) in [6, 6.07) is 5.66. The second-order valence-corrected chi connectivity index (χ2v) is 6.48. The highest BCUT2D eigenvalue weighted by molar-refractivity contribution is 9.10. The second kappa shape index (κ2) is 8.13. The monoisotopic (exact) mass is 346 g/mol. The van der Waals surface area contributed by atoms with Gasteiger partial charge in [-0.3, -0.25) is 0 Å². The van der Waals surface area contributed by atoms with Gasteiger partial charge in [-0.05, 0) is 59.8 Å². The van der Waals surface area contributed by atoms with Crippen LogP contribution in [0.5, 0.6) is 5.75 Å². The van der Waals surface area contributed by atoms with Crippen molar-refractivity contribution >= 4 is 27.5 Å². The molecule has 0 radical (unpaired) electrons. The van der Waals surface area contributed by atoms with Crippen molar-refractivity contribution in [2.45, 2.75) is 32.1 Å². The van der Waals surface area contributed by atoms with E-state index in [1.165, 1.54) is 45.3 Å². The number of rotatable bonds is 5. The first-order valence-corrected chi connectivity index (χ1v) is 8.34. The molecule has 0 aliphatic carbocycles. The smallest absolute Gasteiger partial charge is 0.133 e. The SMILES string of the molecule is Clc1ccc(OCCC[NH+]2CCCCCC2)c(Br)c1. The minimum absolute atomic E-state index is 0.730. The van der Waals surface area contributed by atoms with E-state index in [1.807, 2.05) is 18.2 Å². The molecule has 1 fully saturated rings. The van der Waals surface area contributed by atoms with Crippen LogP contribution in [0.1, 0.15) is 32.1 Å². The first kappa shape index (κ1) is 15.1. The van der Waals surface area contributed by atoms with Crippen LogP contribution in [0.15, 0.2) is 22.7 Å². The summed E-state index contributed by atoms with van der Waals surface area (Å²) in [6.07, 6.45) is 6.72. The zero-order valence-electron chi connectivity index (χ0n) is 11.3. The third-order valence-corrected chi connectivity index (χ3v) is 4.49. The zero-order valence-corrected chi connectivity index (χ0v) is 13.6. The molecule has 0 amide bonds. The van der Waals surface area contributed by atoms with Gasteiger partial charge in [0.05, 0.1) is 30.7 Å². The number of halogens is 2. The van der Waals surface area contributed by atoms with E-state index < -0.39 is 0 Å². The molecule has 0 aromatic heterocycles. The Hall–Kier alpha value is -0.250. The van der Waals surface area contributed by atoms with Crippen LogP contribution >= 0.6 is 27.5 Å². The van der Waals surface area contributed by atoms with E-state index in [9.17, 15) is 0 Å². The van der Waals surface area contributed by atoms with Crippen molar-refractivity contribution in [3.63, 3.8) is 0 Å². The van der Waals surface area contributed by atoms with Crippen LogP contribution < -0.4 is 9.64 Å². The van der Waals surface area contributed by atoms with E-state index in [-0.39, 0.29) is 0 Å². The van der Waals surface area contributed by atoms with E-state index in [1.54, 1.807) is 4.90 Å². The van der Waals surface area contributed by atoms with E-state index in [0.29, 0.717) is 0 Å². The Morgan fingerprint density at radius 2 is 1.89 bits per heavy atom. The number of quaternary nitrogens is 1. The number of likely N-dealkylation sites (tertiary alicyclic amines) is 1. The van der Waals surface area contributed by atoms with Crippen molar-refractivity contribution in [2.75, 3.05) is 26.2 Å². The lowest BCUT2D eigenvalue weighted by atomic mass is 10.2. The topological polar surface area (TPSA) is 13.7 Å². The van der Waals surface area contributed by atoms with Crippen LogP contribution in [0.25, 0.3) is 0 Å². The summed E-state index contributed by atoms with van der Waals surface area (Å²) >= 11 is 9.38. The molecule has 2 nitrogen and oxygen atoms in total. The molecule has 2 rings (SSSR count). The molecule has 0 saturated carbocycles. The fraction of sp³-hybridized carbons (Fsp3) is 0.600. The van der Waals surface area contributed by atoms with Gasteiger partial charge in [-0.1, -0.05) is 11.6 Å². The van der Waals surface area contributed by atoms with E-state index in [0.717, 1.165) is 28.3 Å². The van der Waals surface area contributed by atoms with Gasteiger partial charge in [0.15, 0.2) is 0 Å². The van der Waals surface area contributed by atoms with Crippen molar-refractivity contribution in [2.24, 2.45) is 0 Å². The van der Waals surface area contributed by atoms with Gasteiger partial charge in [-0.25, -0.2) is 0 Å². The molecule has 0 bridgehead atoms. The summed E-state index contributed by atoms with van der Waals surface area (Å²) in [6.45, 7) is 4.68. The number of benzene rings is 1. The Kier molecular flexibility index (Phi) is 6.48. The van der Waals surface area contributed by atoms with E-state index in [4.69, 9.17) is 16.3 Å². The van der Waals surface area contributed by atoms with Crippen LogP contribution in [0.3, 0.4) is 0 Å². The summed E-state index contributed by atoms with van der Waals surface area (Å²) < 4.78 is 6.73. The molecule has 1 aromatic carbocycles. The van der Waals surface area contributed by atoms with Gasteiger partial charge in [-0.15, -0.1) is 0 Å². The fourth-order valence-electron chi connectivity index (χ4n) is 2.58. The third-order valence-electron chi connectivity index (χ3n) is 3.64. The van der Waals surface area contributed by atoms with E-state index >= 15 is 0 Å². The van der Waals surface area contributed by atoms with Crippen molar-refractivity contribution in [3.05, 3.63) is 27.7 Å². The minimum Gasteiger partial charge on any atom is -0.492 e. The van der Waals surface area contributed by atoms with Gasteiger partial charge in [0, 0.05) is 11.4 Å². The number of ether oxygens (including phenoxy) is 1. The average molecular weight is 348 g/mol. The zero-order chi connectivity index (χ0) is 13.5. The van der Waals surface area contributed by atoms with Crippen molar-refractivity contribution in [1.82, 2.24) is 0 Å². The molecule has 1 aliphatic heterocycles. The highest BCUT2D eigenvalue weighted by Gasteiger charge is 2.11. The molecule has 106 valence electrons. The van der Waals surface area contributed by atoms with Gasteiger partial charge in [0.1, 0.15) is 5.75 Å². The van der Waals surface area contributed by atoms with Crippen LogP contribution in [-0.2, 0) is 0 Å². The van der Waals surface area contributed by atoms with Gasteiger partial charge in [0.25, 0.3) is 0 Å². The lowest BCUT2D eigenvalue weighted by Crippen LogP contribution is -3.11. The Bertz CT molecular complexity index is 392. The van der Waals surface area contributed by atoms with Gasteiger partial charge in [-0.2, -0.15) is 0 Å². The fourth-order valence-corrected chi connectivity index (χ4v) is 3.37. The lowest BCUT2D eigenvalue weighted by Gasteiger charge is -2.17. The maximum absolute atomic E-state index is 5.91. The molecule has 0 atom stereocenters. The second-order valence-electron chi connectivity index (χ2n) is 5.19. The standard InChI is InChI=1S/C15H21BrClNO/c16-14-12-13(17)6-7-15(14)19-11-5-10-18-8-3-1-2-4-9-18/h6-7,12H,1-5,8-11H2/p+1. The Morgan fingerprint density at radius 1 is 1.16 bits per heavy atom. The summed E-state index contributed by atoms with van der Waals surface area (Å²) in [5.41, 5.74) is 0. The van der Waals surface area contributed by atoms with Gasteiger partial charge < -0.3 is 9.64 Å². The Labute approximate surface area is 129 Å². The Morgan fingerprint density at radius 3 is 2.58 bits per heavy atom. The first-order chi connectivity index (χ1) is 9.25. The normalized spacial score (nSPS) is 17.2. The minimum atomic E-state index is 0.730. The maximum atomic E-state index is 5.91. The molecule has 1 heterocycles. The van der Waals surface area contributed by atoms with Crippen LogP contribution in [0.2, 0.25) is 5.02 Å². The molecule has 4 heteroatoms. The molecule has 1 N–H and O–H groups in total. The molecule has 19 heavy (non-hydrogen) atoms. The molecule has 1 aliphatic rings. The predicted molar refractivity (Wildman–Crippen MR) is 83.3 cm³/mol. The van der Waals surface area contributed by atoms with Gasteiger partial charge in [0.2, 0.25) is 0 Å². The van der Waals surface area contributed by atoms with Crippen LogP contribution in [-0.4, -0.2) is 26.2 Å². The molecular formula is C15H22BrClNO+. The average Bonchev–Trinajstić information content (AvgIpc) is 2.65. The molecule has 1 saturated heterocycles. The molecule has 1 aromatic rings. The molecular weight excluding hydrogens is 326 g/mol. The highest BCUT2D eigenvalue weighted by Crippen LogP contribution is 2.27. The largest absolute Gasteiger partial charge is 0.492 e. The first-order valence-electron chi connectivity index (χ1n) is 7.17. The lowest BCUT2D eigenvalue weighted by molar-refractivity contribution is -0.899. The predicted octanol–water partition coefficient (Wildman–Crippen LogP) is 3.33. The molecule has 0 unspecified atom stereocenters. The highest BCUT2D eigenvalue weighted by atomic mass is 79.9. The van der Waals surface area contributed by atoms with E-state index in [2.05, 4.69) is 15.9 Å². The van der Waals surface area contributed by atoms with Gasteiger partial charge >= 0.3 is 0 Å². The number of hydrogen-bond donors (Lipinski definition) is 1. The maximum Gasteiger partial charge on any atom is 0.133 e. The van der Waals surface area contributed by atoms with Crippen molar-refractivity contribution < 1.29 is 9.64 Å². The van der Waals surface area contributed by atoms with Crippen molar-refractivity contribution in [3.8, 4) is 5.75 Å². The van der Waals surface area contributed by atoms with Crippen LogP contribution in [0, 0.1) is 0 Å².